The predicted molar refractivity (Wildman–Crippen MR) is 167 cm³/mol. The highest BCUT2D eigenvalue weighted by molar-refractivity contribution is 6.08. The zero-order valence-electron chi connectivity index (χ0n) is 24.9. The van der Waals surface area contributed by atoms with Crippen molar-refractivity contribution in [1.29, 1.82) is 0 Å². The van der Waals surface area contributed by atoms with E-state index >= 15 is 0 Å². The van der Waals surface area contributed by atoms with Crippen LogP contribution in [0, 0.1) is 0 Å². The van der Waals surface area contributed by atoms with Crippen LogP contribution in [0.5, 0.6) is 11.5 Å². The molecule has 1 saturated heterocycles. The van der Waals surface area contributed by atoms with Gasteiger partial charge in [0.1, 0.15) is 11.6 Å². The van der Waals surface area contributed by atoms with Crippen molar-refractivity contribution in [2.75, 3.05) is 73.7 Å². The Balaban J connectivity index is 0.00000276. The summed E-state index contributed by atoms with van der Waals surface area (Å²) in [6, 6.07) is 11.0. The third-order valence-electron chi connectivity index (χ3n) is 7.24. The van der Waals surface area contributed by atoms with Crippen LogP contribution in [0.1, 0.15) is 39.0 Å². The number of hydrogen-bond acceptors (Lipinski definition) is 10. The first-order valence-electron chi connectivity index (χ1n) is 14.3. The molecule has 0 bridgehead atoms. The highest BCUT2D eigenvalue weighted by atomic mass is 16.6. The van der Waals surface area contributed by atoms with Crippen LogP contribution in [-0.2, 0) is 16.1 Å². The summed E-state index contributed by atoms with van der Waals surface area (Å²) in [5, 5.41) is 3.26. The van der Waals surface area contributed by atoms with Gasteiger partial charge in [-0.1, -0.05) is 0 Å². The van der Waals surface area contributed by atoms with E-state index in [0.717, 1.165) is 49.7 Å². The largest absolute Gasteiger partial charge is 0.497 e. The number of fused-ring (bicyclic) bond motifs is 1. The van der Waals surface area contributed by atoms with Gasteiger partial charge in [-0.2, -0.15) is 4.98 Å². The number of carbonyl (C=O) groups is 2. The van der Waals surface area contributed by atoms with Crippen molar-refractivity contribution in [2.45, 2.75) is 26.8 Å². The molecule has 13 heteroatoms. The molecule has 0 radical (unpaired) electrons. The van der Waals surface area contributed by atoms with E-state index in [1.807, 2.05) is 19.1 Å². The third-order valence-corrected chi connectivity index (χ3v) is 7.24. The molecule has 1 aromatic heterocycles. The number of nitrogens with zero attached hydrogens (tertiary/aromatic N) is 5. The Kier molecular flexibility index (Phi) is 9.42. The smallest absolute Gasteiger partial charge is 0.330 e. The van der Waals surface area contributed by atoms with Crippen LogP contribution < -0.4 is 35.0 Å². The van der Waals surface area contributed by atoms with Gasteiger partial charge >= 0.3 is 6.03 Å². The first-order chi connectivity index (χ1) is 21.0. The number of carbonyl (C=O) groups excluding carboxylic acids is 2. The lowest BCUT2D eigenvalue weighted by Crippen LogP contribution is -2.48. The monoisotopic (exact) mass is 595 g/mol. The van der Waals surface area contributed by atoms with E-state index in [4.69, 9.17) is 24.0 Å². The molecule has 43 heavy (non-hydrogen) atoms. The molecule has 0 aliphatic carbocycles. The lowest BCUT2D eigenvalue weighted by molar-refractivity contribution is 0.0362. The quantitative estimate of drug-likeness (QED) is 0.321. The Hall–Kier alpha value is -4.62. The molecule has 3 aromatic rings. The molecule has 2 N–H and O–H groups in total. The number of amides is 3. The molecule has 2 aromatic carbocycles. The Bertz CT molecular complexity index is 1460. The minimum atomic E-state index is -0.524. The van der Waals surface area contributed by atoms with Crippen LogP contribution in [0.3, 0.4) is 0 Å². The van der Waals surface area contributed by atoms with Crippen molar-refractivity contribution in [3.63, 3.8) is 0 Å². The molecule has 1 fully saturated rings. The van der Waals surface area contributed by atoms with E-state index in [1.54, 1.807) is 24.1 Å². The van der Waals surface area contributed by atoms with Crippen LogP contribution in [0.4, 0.5) is 33.6 Å². The Morgan fingerprint density at radius 1 is 1.09 bits per heavy atom. The summed E-state index contributed by atoms with van der Waals surface area (Å²) in [5.74, 6) is 0.955. The molecule has 2 aliphatic heterocycles. The first kappa shape index (κ1) is 29.9. The van der Waals surface area contributed by atoms with Gasteiger partial charge in [0, 0.05) is 58.3 Å². The fourth-order valence-electron chi connectivity index (χ4n) is 5.12. The number of anilines is 5. The fraction of sp³-hybridized carbons (Fsp3) is 0.400. The van der Waals surface area contributed by atoms with Crippen LogP contribution in [0.2, 0.25) is 0 Å². The van der Waals surface area contributed by atoms with Crippen LogP contribution >= 0.6 is 0 Å². The fourth-order valence-corrected chi connectivity index (χ4v) is 5.12. The van der Waals surface area contributed by atoms with Crippen molar-refractivity contribution in [3.05, 3.63) is 53.7 Å². The molecule has 2 aliphatic rings. The molecular weight excluding hydrogens is 554 g/mol. The van der Waals surface area contributed by atoms with Gasteiger partial charge in [-0.25, -0.2) is 15.3 Å². The number of hydroxylamine groups is 1. The highest BCUT2D eigenvalue weighted by Crippen LogP contribution is 2.40. The molecule has 13 nitrogen and oxygen atoms in total. The minimum absolute atomic E-state index is 0. The van der Waals surface area contributed by atoms with Gasteiger partial charge in [0.25, 0.3) is 5.91 Å². The minimum Gasteiger partial charge on any atom is -0.497 e. The molecule has 232 valence electrons. The average Bonchev–Trinajstić information content (AvgIpc) is 3.33. The van der Waals surface area contributed by atoms with E-state index in [0.29, 0.717) is 29.7 Å². The Morgan fingerprint density at radius 2 is 1.91 bits per heavy atom. The lowest BCUT2D eigenvalue weighted by atomic mass is 10.1. The van der Waals surface area contributed by atoms with Gasteiger partial charge in [0.05, 0.1) is 45.2 Å². The molecule has 0 unspecified atom stereocenters. The third kappa shape index (κ3) is 6.42. The van der Waals surface area contributed by atoms with Gasteiger partial charge in [-0.3, -0.25) is 19.4 Å². The summed E-state index contributed by atoms with van der Waals surface area (Å²) in [7, 11) is 2.93. The maximum atomic E-state index is 13.9. The summed E-state index contributed by atoms with van der Waals surface area (Å²) >= 11 is 0. The molecule has 0 spiro atoms. The van der Waals surface area contributed by atoms with Crippen molar-refractivity contribution in [2.24, 2.45) is 0 Å². The highest BCUT2D eigenvalue weighted by Gasteiger charge is 2.35. The predicted octanol–water partition coefficient (Wildman–Crippen LogP) is 4.60. The number of nitrogens with one attached hydrogen (secondary N) is 2. The standard InChI is InChI=1S/C30H37N7O6.2H2/c1-5-36-27-20(18-31-29(33-27)32-21-8-10-22(11-9-21)35-12-7-14-42-15-13-35)19-37(30(36)39)25-17-23(40-3)16-24(26(25)41-4)28(38)34-43-6-2;;/h8-11,16-18H,5-7,12-15,19H2,1-4H3,(H,34,38)(H,31,32,33);2*1H. The molecular formula is C30H41N7O6. The van der Waals surface area contributed by atoms with Crippen molar-refractivity contribution < 1.29 is 31.5 Å². The zero-order valence-corrected chi connectivity index (χ0v) is 24.9. The van der Waals surface area contributed by atoms with E-state index in [2.05, 4.69) is 32.8 Å². The van der Waals surface area contributed by atoms with E-state index in [-0.39, 0.29) is 33.3 Å². The molecule has 5 rings (SSSR count). The molecule has 3 amide bonds. The van der Waals surface area contributed by atoms with Gasteiger partial charge in [-0.05, 0) is 50.6 Å². The average molecular weight is 596 g/mol. The summed E-state index contributed by atoms with van der Waals surface area (Å²) in [4.78, 5) is 46.5. The lowest BCUT2D eigenvalue weighted by Gasteiger charge is -2.36. The van der Waals surface area contributed by atoms with Crippen molar-refractivity contribution in [3.8, 4) is 11.5 Å². The number of rotatable bonds is 10. The van der Waals surface area contributed by atoms with Crippen LogP contribution in [0.25, 0.3) is 0 Å². The topological polar surface area (TPSA) is 131 Å². The van der Waals surface area contributed by atoms with Gasteiger partial charge in [0.15, 0.2) is 5.75 Å². The summed E-state index contributed by atoms with van der Waals surface area (Å²) in [6.07, 6.45) is 2.70. The number of hydrogen-bond donors (Lipinski definition) is 2. The number of aromatic nitrogens is 2. The maximum absolute atomic E-state index is 13.9. The number of benzene rings is 2. The second kappa shape index (κ2) is 13.6. The molecule has 3 heterocycles. The van der Waals surface area contributed by atoms with Crippen LogP contribution in [-0.4, -0.2) is 75.6 Å². The first-order valence-corrected chi connectivity index (χ1v) is 14.3. The Morgan fingerprint density at radius 3 is 2.63 bits per heavy atom. The van der Waals surface area contributed by atoms with Crippen molar-refractivity contribution >= 4 is 40.8 Å². The normalized spacial score (nSPS) is 15.1. The number of methoxy groups -OCH3 is 2. The van der Waals surface area contributed by atoms with Gasteiger partial charge < -0.3 is 24.4 Å². The second-order valence-corrected chi connectivity index (χ2v) is 9.87. The van der Waals surface area contributed by atoms with Gasteiger partial charge in [0.2, 0.25) is 5.95 Å². The van der Waals surface area contributed by atoms with E-state index < -0.39 is 5.91 Å². The van der Waals surface area contributed by atoms with E-state index in [9.17, 15) is 9.59 Å². The summed E-state index contributed by atoms with van der Waals surface area (Å²) in [5.41, 5.74) is 5.62. The van der Waals surface area contributed by atoms with Gasteiger partial charge in [-0.15, -0.1) is 0 Å². The molecule has 0 atom stereocenters. The zero-order chi connectivity index (χ0) is 30.3. The second-order valence-electron chi connectivity index (χ2n) is 9.87. The summed E-state index contributed by atoms with van der Waals surface area (Å²) < 4.78 is 16.7. The Labute approximate surface area is 253 Å². The number of urea groups is 1. The SMILES string of the molecule is CCONC(=O)c1cc(OC)cc(N2Cc3cnc(Nc4ccc(N5CCCOCC5)cc4)nc3N(CC)C2=O)c1OC.[HH].[HH]. The maximum Gasteiger partial charge on any atom is 0.330 e. The van der Waals surface area contributed by atoms with Crippen LogP contribution in [0.15, 0.2) is 42.6 Å². The molecule has 0 saturated carbocycles. The number of ether oxygens (including phenoxy) is 3. The summed E-state index contributed by atoms with van der Waals surface area (Å²) in [6.45, 7) is 7.77. The van der Waals surface area contributed by atoms with E-state index in [1.165, 1.54) is 25.2 Å². The van der Waals surface area contributed by atoms with Crippen molar-refractivity contribution in [1.82, 2.24) is 15.4 Å².